The largest absolute Gasteiger partial charge is 0.394 e. The second-order valence-electron chi connectivity index (χ2n) is 7.49. The molecule has 0 bridgehead atoms. The number of hydrogen-bond donors (Lipinski definition) is 3. The number of aliphatic hydroxyl groups excluding tert-OH is 2. The van der Waals surface area contributed by atoms with Crippen molar-refractivity contribution >= 4 is 5.91 Å². The monoisotopic (exact) mass is 357 g/mol. The third-order valence-corrected chi connectivity index (χ3v) is 5.19. The fourth-order valence-corrected chi connectivity index (χ4v) is 3.10. The molecule has 3 N–H and O–H groups in total. The molecule has 0 aromatic carbocycles. The number of rotatable bonds is 18. The molecule has 150 valence electrons. The van der Waals surface area contributed by atoms with E-state index in [1.54, 1.807) is 0 Å². The molecule has 0 radical (unpaired) electrons. The zero-order valence-corrected chi connectivity index (χ0v) is 16.8. The maximum atomic E-state index is 11.9. The Morgan fingerprint density at radius 1 is 0.720 bits per heavy atom. The lowest BCUT2D eigenvalue weighted by Gasteiger charge is -2.29. The van der Waals surface area contributed by atoms with E-state index in [4.69, 9.17) is 0 Å². The van der Waals surface area contributed by atoms with Crippen molar-refractivity contribution in [2.45, 2.75) is 116 Å². The van der Waals surface area contributed by atoms with E-state index in [2.05, 4.69) is 12.2 Å². The zero-order chi connectivity index (χ0) is 18.8. The smallest absolute Gasteiger partial charge is 0.220 e. The summed E-state index contributed by atoms with van der Waals surface area (Å²) in [7, 11) is 0. The van der Waals surface area contributed by atoms with E-state index in [1.165, 1.54) is 70.6 Å². The Hall–Kier alpha value is -0.610. The summed E-state index contributed by atoms with van der Waals surface area (Å²) >= 11 is 0. The molecule has 25 heavy (non-hydrogen) atoms. The van der Waals surface area contributed by atoms with E-state index in [0.717, 1.165) is 12.8 Å². The van der Waals surface area contributed by atoms with Crippen LogP contribution in [0, 0.1) is 0 Å². The second kappa shape index (κ2) is 16.8. The van der Waals surface area contributed by atoms with Gasteiger partial charge < -0.3 is 15.5 Å². The predicted octanol–water partition coefficient (Wildman–Crippen LogP) is 4.72. The lowest BCUT2D eigenvalue weighted by atomic mass is 9.98. The molecule has 4 heteroatoms. The van der Waals surface area contributed by atoms with E-state index in [9.17, 15) is 15.0 Å². The molecule has 0 saturated heterocycles. The minimum atomic E-state index is -0.854. The summed E-state index contributed by atoms with van der Waals surface area (Å²) in [6.45, 7) is 3.68. The molecule has 0 aliphatic heterocycles. The first kappa shape index (κ1) is 24.4. The fraction of sp³-hybridized carbons (Fsp3) is 0.952. The van der Waals surface area contributed by atoms with Crippen molar-refractivity contribution in [3.05, 3.63) is 0 Å². The first-order valence-electron chi connectivity index (χ1n) is 10.7. The highest BCUT2D eigenvalue weighted by atomic mass is 16.3. The summed E-state index contributed by atoms with van der Waals surface area (Å²) in [6.07, 6.45) is 17.8. The van der Waals surface area contributed by atoms with E-state index >= 15 is 0 Å². The van der Waals surface area contributed by atoms with Crippen LogP contribution in [0.4, 0.5) is 0 Å². The number of unbranched alkanes of at least 4 members (excludes halogenated alkanes) is 12. The maximum Gasteiger partial charge on any atom is 0.220 e. The Labute approximate surface area is 155 Å². The molecule has 0 heterocycles. The molecular weight excluding hydrogens is 314 g/mol. The van der Waals surface area contributed by atoms with Crippen LogP contribution in [0.2, 0.25) is 0 Å². The summed E-state index contributed by atoms with van der Waals surface area (Å²) in [5, 5.41) is 21.5. The van der Waals surface area contributed by atoms with Crippen LogP contribution in [0.5, 0.6) is 0 Å². The number of aliphatic hydroxyl groups is 2. The Morgan fingerprint density at radius 3 is 1.48 bits per heavy atom. The average molecular weight is 358 g/mol. The van der Waals surface area contributed by atoms with E-state index in [0.29, 0.717) is 12.8 Å². The molecule has 0 fully saturated rings. The molecule has 0 rings (SSSR count). The van der Waals surface area contributed by atoms with Crippen LogP contribution in [0.25, 0.3) is 0 Å². The van der Waals surface area contributed by atoms with Crippen LogP contribution in [-0.2, 0) is 4.79 Å². The highest BCUT2D eigenvalue weighted by Gasteiger charge is 2.27. The van der Waals surface area contributed by atoms with Gasteiger partial charge in [0.2, 0.25) is 5.91 Å². The summed E-state index contributed by atoms with van der Waals surface area (Å²) < 4.78 is 0. The van der Waals surface area contributed by atoms with Gasteiger partial charge in [-0.05, 0) is 12.8 Å². The van der Waals surface area contributed by atoms with Gasteiger partial charge in [-0.1, -0.05) is 90.9 Å². The van der Waals surface area contributed by atoms with Crippen LogP contribution in [0.15, 0.2) is 0 Å². The molecule has 0 saturated carbocycles. The molecule has 0 aliphatic rings. The summed E-state index contributed by atoms with van der Waals surface area (Å²) in [5.74, 6) is -0.0620. The molecule has 0 spiro atoms. The number of carbonyl (C=O) groups is 1. The predicted molar refractivity (Wildman–Crippen MR) is 106 cm³/mol. The van der Waals surface area contributed by atoms with Crippen LogP contribution in [0.3, 0.4) is 0 Å². The molecule has 0 aliphatic carbocycles. The lowest BCUT2D eigenvalue weighted by molar-refractivity contribution is -0.124. The van der Waals surface area contributed by atoms with E-state index in [-0.39, 0.29) is 19.1 Å². The SMILES string of the molecule is CCCCCCCCCCCCCCCC(=O)NC(CC)(CO)CO. The third kappa shape index (κ3) is 13.3. The van der Waals surface area contributed by atoms with Gasteiger partial charge in [0.05, 0.1) is 18.8 Å². The molecule has 0 aromatic heterocycles. The molecule has 0 unspecified atom stereocenters. The van der Waals surface area contributed by atoms with Crippen LogP contribution in [-0.4, -0.2) is 34.9 Å². The van der Waals surface area contributed by atoms with Gasteiger partial charge in [0.15, 0.2) is 0 Å². The molecular formula is C21H43NO3. The molecule has 0 atom stereocenters. The normalized spacial score (nSPS) is 11.7. The van der Waals surface area contributed by atoms with E-state index in [1.807, 2.05) is 6.92 Å². The van der Waals surface area contributed by atoms with Crippen molar-refractivity contribution in [3.63, 3.8) is 0 Å². The van der Waals surface area contributed by atoms with Crippen molar-refractivity contribution in [2.75, 3.05) is 13.2 Å². The first-order valence-corrected chi connectivity index (χ1v) is 10.7. The summed E-state index contributed by atoms with van der Waals surface area (Å²) in [6, 6.07) is 0. The van der Waals surface area contributed by atoms with Crippen LogP contribution >= 0.6 is 0 Å². The Kier molecular flexibility index (Phi) is 16.4. The van der Waals surface area contributed by atoms with Crippen molar-refractivity contribution in [2.24, 2.45) is 0 Å². The van der Waals surface area contributed by atoms with Crippen molar-refractivity contribution in [3.8, 4) is 0 Å². The van der Waals surface area contributed by atoms with E-state index < -0.39 is 5.54 Å². The number of carbonyl (C=O) groups excluding carboxylic acids is 1. The number of hydrogen-bond acceptors (Lipinski definition) is 3. The van der Waals surface area contributed by atoms with Crippen LogP contribution < -0.4 is 5.32 Å². The summed E-state index contributed by atoms with van der Waals surface area (Å²) in [5.41, 5.74) is -0.854. The van der Waals surface area contributed by atoms with Gasteiger partial charge in [-0.2, -0.15) is 0 Å². The topological polar surface area (TPSA) is 69.6 Å². The zero-order valence-electron chi connectivity index (χ0n) is 16.8. The minimum Gasteiger partial charge on any atom is -0.394 e. The second-order valence-corrected chi connectivity index (χ2v) is 7.49. The van der Waals surface area contributed by atoms with Gasteiger partial charge in [-0.3, -0.25) is 4.79 Å². The number of amides is 1. The highest BCUT2D eigenvalue weighted by Crippen LogP contribution is 2.13. The first-order chi connectivity index (χ1) is 12.1. The quantitative estimate of drug-likeness (QED) is 0.311. The Morgan fingerprint density at radius 2 is 1.12 bits per heavy atom. The molecule has 4 nitrogen and oxygen atoms in total. The summed E-state index contributed by atoms with van der Waals surface area (Å²) in [4.78, 5) is 11.9. The van der Waals surface area contributed by atoms with Gasteiger partial charge >= 0.3 is 0 Å². The van der Waals surface area contributed by atoms with Gasteiger partial charge in [0.25, 0.3) is 0 Å². The fourth-order valence-electron chi connectivity index (χ4n) is 3.10. The van der Waals surface area contributed by atoms with Crippen molar-refractivity contribution < 1.29 is 15.0 Å². The van der Waals surface area contributed by atoms with Gasteiger partial charge in [0.1, 0.15) is 0 Å². The maximum absolute atomic E-state index is 11.9. The molecule has 0 aromatic rings. The van der Waals surface area contributed by atoms with Crippen molar-refractivity contribution in [1.29, 1.82) is 0 Å². The van der Waals surface area contributed by atoms with Gasteiger partial charge in [0, 0.05) is 6.42 Å². The Bertz CT molecular complexity index is 295. The Balaban J connectivity index is 3.42. The molecule has 1 amide bonds. The third-order valence-electron chi connectivity index (χ3n) is 5.19. The van der Waals surface area contributed by atoms with Crippen molar-refractivity contribution in [1.82, 2.24) is 5.32 Å². The number of nitrogens with one attached hydrogen (secondary N) is 1. The highest BCUT2D eigenvalue weighted by molar-refractivity contribution is 5.76. The standard InChI is InChI=1S/C21H43NO3/c1-3-5-6-7-8-9-10-11-12-13-14-15-16-17-20(25)22-21(4-2,18-23)19-24/h23-24H,3-19H2,1-2H3,(H,22,25). The average Bonchev–Trinajstić information content (AvgIpc) is 2.63. The lowest BCUT2D eigenvalue weighted by Crippen LogP contribution is -2.53. The van der Waals surface area contributed by atoms with Gasteiger partial charge in [-0.25, -0.2) is 0 Å². The minimum absolute atomic E-state index is 0.0620. The van der Waals surface area contributed by atoms with Gasteiger partial charge in [-0.15, -0.1) is 0 Å². The van der Waals surface area contributed by atoms with Crippen LogP contribution in [0.1, 0.15) is 110 Å².